The van der Waals surface area contributed by atoms with Gasteiger partial charge in [0.25, 0.3) is 0 Å². The third-order valence-electron chi connectivity index (χ3n) is 4.29. The minimum Gasteiger partial charge on any atom is -0.462 e. The van der Waals surface area contributed by atoms with E-state index in [2.05, 4.69) is 19.1 Å². The number of esters is 2. The van der Waals surface area contributed by atoms with Crippen LogP contribution in [0.3, 0.4) is 0 Å². The van der Waals surface area contributed by atoms with Crippen molar-refractivity contribution in [3.8, 4) is 0 Å². The first kappa shape index (κ1) is 24.7. The van der Waals surface area contributed by atoms with E-state index in [9.17, 15) is 9.59 Å². The highest BCUT2D eigenvalue weighted by molar-refractivity contribution is 5.69. The highest BCUT2D eigenvalue weighted by atomic mass is 16.6. The van der Waals surface area contributed by atoms with Gasteiger partial charge in [-0.1, -0.05) is 70.4 Å². The van der Waals surface area contributed by atoms with Crippen LogP contribution in [-0.2, 0) is 19.1 Å². The lowest BCUT2D eigenvalue weighted by molar-refractivity contribution is -0.151. The van der Waals surface area contributed by atoms with Crippen molar-refractivity contribution in [2.45, 2.75) is 104 Å². The standard InChI is InChI=1S/C22H40O4/c1-3-4-5-6-7-8-9-10-11-12-13-14-15-16-17-18-22(24)26-20-19-25-21(2)23/h10-11H,3-9,12-20H2,1-2H3/b11-10-. The molecule has 0 aromatic rings. The Morgan fingerprint density at radius 1 is 0.692 bits per heavy atom. The van der Waals surface area contributed by atoms with Crippen molar-refractivity contribution in [1.82, 2.24) is 0 Å². The van der Waals surface area contributed by atoms with Crippen LogP contribution < -0.4 is 0 Å². The first-order chi connectivity index (χ1) is 12.7. The maximum Gasteiger partial charge on any atom is 0.305 e. The van der Waals surface area contributed by atoms with E-state index in [0.29, 0.717) is 6.42 Å². The van der Waals surface area contributed by atoms with Gasteiger partial charge in [0.15, 0.2) is 0 Å². The molecular formula is C22H40O4. The van der Waals surface area contributed by atoms with Crippen LogP contribution in [0.1, 0.15) is 104 Å². The number of rotatable bonds is 18. The summed E-state index contributed by atoms with van der Waals surface area (Å²) < 4.78 is 9.69. The van der Waals surface area contributed by atoms with E-state index in [1.165, 1.54) is 77.6 Å². The Kier molecular flexibility index (Phi) is 19.0. The third-order valence-corrected chi connectivity index (χ3v) is 4.29. The van der Waals surface area contributed by atoms with Crippen LogP contribution in [-0.4, -0.2) is 25.2 Å². The number of hydrogen-bond acceptors (Lipinski definition) is 4. The number of carbonyl (C=O) groups is 2. The number of unbranched alkanes of at least 4 members (excludes halogenated alkanes) is 11. The van der Waals surface area contributed by atoms with E-state index in [0.717, 1.165) is 12.8 Å². The molecule has 0 spiro atoms. The summed E-state index contributed by atoms with van der Waals surface area (Å²) in [5.74, 6) is -0.548. The van der Waals surface area contributed by atoms with Crippen molar-refractivity contribution in [2.24, 2.45) is 0 Å². The van der Waals surface area contributed by atoms with Crippen molar-refractivity contribution in [3.05, 3.63) is 12.2 Å². The Labute approximate surface area is 160 Å². The van der Waals surface area contributed by atoms with Gasteiger partial charge in [-0.25, -0.2) is 0 Å². The van der Waals surface area contributed by atoms with Gasteiger partial charge >= 0.3 is 11.9 Å². The largest absolute Gasteiger partial charge is 0.462 e. The van der Waals surface area contributed by atoms with Crippen molar-refractivity contribution >= 4 is 11.9 Å². The molecule has 0 unspecified atom stereocenters. The van der Waals surface area contributed by atoms with Gasteiger partial charge in [-0.2, -0.15) is 0 Å². The zero-order valence-electron chi connectivity index (χ0n) is 17.1. The molecule has 0 bridgehead atoms. The molecule has 0 radical (unpaired) electrons. The number of hydrogen-bond donors (Lipinski definition) is 0. The first-order valence-electron chi connectivity index (χ1n) is 10.6. The summed E-state index contributed by atoms with van der Waals surface area (Å²) in [6.07, 6.45) is 21.3. The zero-order valence-corrected chi connectivity index (χ0v) is 17.1. The molecular weight excluding hydrogens is 328 g/mol. The fourth-order valence-electron chi connectivity index (χ4n) is 2.75. The van der Waals surface area contributed by atoms with E-state index in [1.807, 2.05) is 0 Å². The van der Waals surface area contributed by atoms with E-state index < -0.39 is 0 Å². The Morgan fingerprint density at radius 2 is 1.19 bits per heavy atom. The topological polar surface area (TPSA) is 52.6 Å². The van der Waals surface area contributed by atoms with Gasteiger partial charge in [0.1, 0.15) is 13.2 Å². The van der Waals surface area contributed by atoms with Crippen LogP contribution in [0.5, 0.6) is 0 Å². The predicted molar refractivity (Wildman–Crippen MR) is 107 cm³/mol. The Bertz CT molecular complexity index is 363. The molecule has 26 heavy (non-hydrogen) atoms. The molecule has 0 saturated carbocycles. The molecule has 4 heteroatoms. The molecule has 0 amide bonds. The highest BCUT2D eigenvalue weighted by Gasteiger charge is 2.03. The van der Waals surface area contributed by atoms with Crippen molar-refractivity contribution in [2.75, 3.05) is 13.2 Å². The van der Waals surface area contributed by atoms with Crippen LogP contribution >= 0.6 is 0 Å². The van der Waals surface area contributed by atoms with E-state index >= 15 is 0 Å². The average molecular weight is 369 g/mol. The SMILES string of the molecule is CCCCCCCC/C=C\CCCCCCCC(=O)OCCOC(C)=O. The van der Waals surface area contributed by atoms with Crippen molar-refractivity contribution in [3.63, 3.8) is 0 Å². The molecule has 0 aliphatic heterocycles. The summed E-state index contributed by atoms with van der Waals surface area (Å²) in [6, 6.07) is 0. The monoisotopic (exact) mass is 368 g/mol. The van der Waals surface area contributed by atoms with Gasteiger partial charge in [-0.3, -0.25) is 9.59 Å². The highest BCUT2D eigenvalue weighted by Crippen LogP contribution is 2.10. The first-order valence-corrected chi connectivity index (χ1v) is 10.6. The molecule has 0 saturated heterocycles. The average Bonchev–Trinajstić information content (AvgIpc) is 2.62. The second-order valence-electron chi connectivity index (χ2n) is 6.89. The number of carbonyl (C=O) groups excluding carboxylic acids is 2. The molecule has 0 aliphatic carbocycles. The molecule has 0 rings (SSSR count). The minimum atomic E-state index is -0.349. The maximum atomic E-state index is 11.4. The molecule has 0 N–H and O–H groups in total. The minimum absolute atomic E-state index is 0.146. The summed E-state index contributed by atoms with van der Waals surface area (Å²) in [4.78, 5) is 22.0. The summed E-state index contributed by atoms with van der Waals surface area (Å²) in [5, 5.41) is 0. The second-order valence-corrected chi connectivity index (χ2v) is 6.89. The van der Waals surface area contributed by atoms with Crippen LogP contribution in [0, 0.1) is 0 Å². The quantitative estimate of drug-likeness (QED) is 0.166. The molecule has 0 aliphatic rings. The molecule has 4 nitrogen and oxygen atoms in total. The van der Waals surface area contributed by atoms with Gasteiger partial charge in [0.05, 0.1) is 0 Å². The third kappa shape index (κ3) is 20.7. The molecule has 0 atom stereocenters. The van der Waals surface area contributed by atoms with Gasteiger partial charge in [0, 0.05) is 13.3 Å². The number of ether oxygens (including phenoxy) is 2. The van der Waals surface area contributed by atoms with Crippen LogP contribution in [0.2, 0.25) is 0 Å². The maximum absolute atomic E-state index is 11.4. The Morgan fingerprint density at radius 3 is 1.77 bits per heavy atom. The van der Waals surface area contributed by atoms with Crippen molar-refractivity contribution in [1.29, 1.82) is 0 Å². The molecule has 0 aromatic heterocycles. The van der Waals surface area contributed by atoms with Crippen LogP contribution in [0.4, 0.5) is 0 Å². The van der Waals surface area contributed by atoms with Gasteiger partial charge in [0.2, 0.25) is 0 Å². The zero-order chi connectivity index (χ0) is 19.3. The summed E-state index contributed by atoms with van der Waals surface area (Å²) in [5.41, 5.74) is 0. The normalized spacial score (nSPS) is 11.0. The second kappa shape index (κ2) is 20.0. The summed E-state index contributed by atoms with van der Waals surface area (Å²) in [7, 11) is 0. The molecule has 0 heterocycles. The van der Waals surface area contributed by atoms with E-state index in [4.69, 9.17) is 9.47 Å². The van der Waals surface area contributed by atoms with E-state index in [1.54, 1.807) is 0 Å². The molecule has 152 valence electrons. The van der Waals surface area contributed by atoms with Crippen LogP contribution in [0.15, 0.2) is 12.2 Å². The lowest BCUT2D eigenvalue weighted by Crippen LogP contribution is -2.12. The lowest BCUT2D eigenvalue weighted by atomic mass is 10.1. The fourth-order valence-corrected chi connectivity index (χ4v) is 2.75. The molecule has 0 aromatic carbocycles. The smallest absolute Gasteiger partial charge is 0.305 e. The summed E-state index contributed by atoms with van der Waals surface area (Å²) in [6.45, 7) is 3.90. The van der Waals surface area contributed by atoms with Crippen molar-refractivity contribution < 1.29 is 19.1 Å². The van der Waals surface area contributed by atoms with Crippen LogP contribution in [0.25, 0.3) is 0 Å². The van der Waals surface area contributed by atoms with Gasteiger partial charge < -0.3 is 9.47 Å². The Hall–Kier alpha value is -1.32. The van der Waals surface area contributed by atoms with Gasteiger partial charge in [-0.05, 0) is 32.1 Å². The summed E-state index contributed by atoms with van der Waals surface area (Å²) >= 11 is 0. The van der Waals surface area contributed by atoms with E-state index in [-0.39, 0.29) is 25.2 Å². The van der Waals surface area contributed by atoms with Gasteiger partial charge in [-0.15, -0.1) is 0 Å². The predicted octanol–water partition coefficient (Wildman–Crippen LogP) is 6.13. The Balaban J connectivity index is 3.22. The molecule has 0 fully saturated rings. The number of allylic oxidation sites excluding steroid dienone is 2. The fraction of sp³-hybridized carbons (Fsp3) is 0.818. The lowest BCUT2D eigenvalue weighted by Gasteiger charge is -2.05.